The van der Waals surface area contributed by atoms with Gasteiger partial charge in [-0.15, -0.1) is 0 Å². The molecule has 2 heteroatoms. The predicted octanol–water partition coefficient (Wildman–Crippen LogP) is 6.70. The maximum absolute atomic E-state index is 9.20. The van der Waals surface area contributed by atoms with Crippen LogP contribution in [0.15, 0.2) is 0 Å². The zero-order chi connectivity index (χ0) is 18.4. The van der Waals surface area contributed by atoms with Crippen LogP contribution in [0, 0.1) is 0 Å². The van der Waals surface area contributed by atoms with E-state index in [0.717, 1.165) is 6.54 Å². The second kappa shape index (κ2) is 14.0. The van der Waals surface area contributed by atoms with Gasteiger partial charge in [0.25, 0.3) is 0 Å². The molecular formula is C23H47NO. The lowest BCUT2D eigenvalue weighted by Crippen LogP contribution is -2.32. The molecule has 2 nitrogen and oxygen atoms in total. The first kappa shape index (κ1) is 23.0. The van der Waals surface area contributed by atoms with Crippen LogP contribution in [0.5, 0.6) is 0 Å². The summed E-state index contributed by atoms with van der Waals surface area (Å²) in [6.07, 6.45) is 22.8. The van der Waals surface area contributed by atoms with Gasteiger partial charge in [0.05, 0.1) is 6.61 Å². The van der Waals surface area contributed by atoms with Gasteiger partial charge in [-0.1, -0.05) is 103 Å². The zero-order valence-corrected chi connectivity index (χ0v) is 17.7. The van der Waals surface area contributed by atoms with Crippen molar-refractivity contribution in [2.75, 3.05) is 13.2 Å². The van der Waals surface area contributed by atoms with Crippen molar-refractivity contribution in [3.8, 4) is 0 Å². The van der Waals surface area contributed by atoms with Gasteiger partial charge in [0.2, 0.25) is 0 Å². The molecule has 0 spiro atoms. The molecule has 1 aliphatic rings. The van der Waals surface area contributed by atoms with Crippen molar-refractivity contribution >= 4 is 0 Å². The summed E-state index contributed by atoms with van der Waals surface area (Å²) >= 11 is 0. The lowest BCUT2D eigenvalue weighted by molar-refractivity contribution is 0.197. The van der Waals surface area contributed by atoms with Crippen LogP contribution in [0.2, 0.25) is 0 Å². The van der Waals surface area contributed by atoms with Gasteiger partial charge in [-0.25, -0.2) is 0 Å². The van der Waals surface area contributed by atoms with Crippen molar-refractivity contribution in [3.05, 3.63) is 0 Å². The molecule has 2 unspecified atom stereocenters. The summed E-state index contributed by atoms with van der Waals surface area (Å²) in [4.78, 5) is 2.46. The van der Waals surface area contributed by atoms with E-state index in [1.54, 1.807) is 0 Å². The first-order chi connectivity index (χ1) is 12.1. The molecule has 1 rings (SSSR count). The molecule has 0 bridgehead atoms. The molecule has 1 saturated heterocycles. The van der Waals surface area contributed by atoms with E-state index < -0.39 is 0 Å². The second-order valence-electron chi connectivity index (χ2n) is 9.00. The van der Waals surface area contributed by atoms with Crippen LogP contribution in [0.1, 0.15) is 124 Å². The third-order valence-electron chi connectivity index (χ3n) is 6.10. The standard InChI is InChI=1S/C23H47NO/c1-4-5-6-7-8-9-10-11-12-13-14-15-16-17-18-19-23(2,3)24-20-22(24)21-25/h22,25H,4-21H2,1-3H3. The Morgan fingerprint density at radius 2 is 1.12 bits per heavy atom. The van der Waals surface area contributed by atoms with Crippen molar-refractivity contribution < 1.29 is 5.11 Å². The van der Waals surface area contributed by atoms with E-state index in [1.807, 2.05) is 0 Å². The lowest BCUT2D eigenvalue weighted by Gasteiger charge is -2.27. The van der Waals surface area contributed by atoms with Crippen molar-refractivity contribution in [3.63, 3.8) is 0 Å². The summed E-state index contributed by atoms with van der Waals surface area (Å²) in [6.45, 7) is 8.41. The van der Waals surface area contributed by atoms with E-state index in [4.69, 9.17) is 0 Å². The minimum atomic E-state index is 0.296. The highest BCUT2D eigenvalue weighted by molar-refractivity contribution is 4.99. The van der Waals surface area contributed by atoms with Crippen molar-refractivity contribution in [1.82, 2.24) is 4.90 Å². The molecule has 1 heterocycles. The average Bonchev–Trinajstić information content (AvgIpc) is 3.39. The Balaban J connectivity index is 1.76. The minimum absolute atomic E-state index is 0.296. The number of hydrogen-bond donors (Lipinski definition) is 1. The molecule has 0 radical (unpaired) electrons. The number of hydrogen-bond acceptors (Lipinski definition) is 2. The Labute approximate surface area is 158 Å². The quantitative estimate of drug-likeness (QED) is 0.219. The average molecular weight is 354 g/mol. The highest BCUT2D eigenvalue weighted by Crippen LogP contribution is 2.33. The predicted molar refractivity (Wildman–Crippen MR) is 111 cm³/mol. The molecule has 0 aromatic carbocycles. The Hall–Kier alpha value is -0.0800. The van der Waals surface area contributed by atoms with Crippen molar-refractivity contribution in [1.29, 1.82) is 0 Å². The maximum Gasteiger partial charge on any atom is 0.0599 e. The molecule has 1 fully saturated rings. The third-order valence-corrected chi connectivity index (χ3v) is 6.10. The van der Waals surface area contributed by atoms with Gasteiger partial charge in [-0.2, -0.15) is 0 Å². The van der Waals surface area contributed by atoms with E-state index in [0.29, 0.717) is 18.2 Å². The molecule has 0 aromatic heterocycles. The molecule has 150 valence electrons. The summed E-state index contributed by atoms with van der Waals surface area (Å²) in [5.74, 6) is 0. The number of unbranched alkanes of at least 4 members (excludes halogenated alkanes) is 14. The molecule has 0 aromatic rings. The van der Waals surface area contributed by atoms with E-state index in [-0.39, 0.29) is 0 Å². The van der Waals surface area contributed by atoms with Gasteiger partial charge < -0.3 is 5.11 Å². The smallest absolute Gasteiger partial charge is 0.0599 e. The highest BCUT2D eigenvalue weighted by Gasteiger charge is 2.43. The Bertz CT molecular complexity index is 302. The van der Waals surface area contributed by atoms with Crippen LogP contribution in [0.25, 0.3) is 0 Å². The zero-order valence-electron chi connectivity index (χ0n) is 17.7. The molecule has 25 heavy (non-hydrogen) atoms. The first-order valence-corrected chi connectivity index (χ1v) is 11.5. The molecule has 0 aliphatic carbocycles. The SMILES string of the molecule is CCCCCCCCCCCCCCCCCC(C)(C)N1CC1CO. The second-order valence-corrected chi connectivity index (χ2v) is 9.00. The van der Waals surface area contributed by atoms with Gasteiger partial charge in [0.15, 0.2) is 0 Å². The number of aliphatic hydroxyl groups excluding tert-OH is 1. The van der Waals surface area contributed by atoms with Crippen LogP contribution in [-0.4, -0.2) is 34.7 Å². The summed E-state index contributed by atoms with van der Waals surface area (Å²) in [6, 6.07) is 0.450. The summed E-state index contributed by atoms with van der Waals surface area (Å²) in [5, 5.41) is 9.20. The van der Waals surface area contributed by atoms with Crippen LogP contribution < -0.4 is 0 Å². The van der Waals surface area contributed by atoms with E-state index in [9.17, 15) is 5.11 Å². The summed E-state index contributed by atoms with van der Waals surface area (Å²) in [5.41, 5.74) is 0.296. The molecule has 2 atom stereocenters. The van der Waals surface area contributed by atoms with Gasteiger partial charge in [-0.05, 0) is 20.3 Å². The van der Waals surface area contributed by atoms with E-state index in [2.05, 4.69) is 25.7 Å². The summed E-state index contributed by atoms with van der Waals surface area (Å²) < 4.78 is 0. The lowest BCUT2D eigenvalue weighted by atomic mass is 9.95. The minimum Gasteiger partial charge on any atom is -0.395 e. The fourth-order valence-electron chi connectivity index (χ4n) is 4.15. The molecule has 0 amide bonds. The van der Waals surface area contributed by atoms with Crippen LogP contribution in [-0.2, 0) is 0 Å². The molecule has 0 saturated carbocycles. The van der Waals surface area contributed by atoms with E-state index in [1.165, 1.54) is 103 Å². The fraction of sp³-hybridized carbons (Fsp3) is 1.00. The topological polar surface area (TPSA) is 23.2 Å². The number of rotatable bonds is 18. The Morgan fingerprint density at radius 1 is 0.720 bits per heavy atom. The van der Waals surface area contributed by atoms with E-state index >= 15 is 0 Å². The monoisotopic (exact) mass is 353 g/mol. The highest BCUT2D eigenvalue weighted by atomic mass is 16.3. The van der Waals surface area contributed by atoms with Gasteiger partial charge in [0.1, 0.15) is 0 Å². The van der Waals surface area contributed by atoms with Crippen molar-refractivity contribution in [2.45, 2.75) is 135 Å². The Morgan fingerprint density at radius 3 is 1.48 bits per heavy atom. The normalized spacial score (nSPS) is 20.2. The van der Waals surface area contributed by atoms with Crippen LogP contribution >= 0.6 is 0 Å². The molecule has 1 N–H and O–H groups in total. The largest absolute Gasteiger partial charge is 0.395 e. The Kier molecular flexibility index (Phi) is 12.9. The third kappa shape index (κ3) is 11.3. The van der Waals surface area contributed by atoms with Gasteiger partial charge >= 0.3 is 0 Å². The molecular weight excluding hydrogens is 306 g/mol. The van der Waals surface area contributed by atoms with Gasteiger partial charge in [0, 0.05) is 18.1 Å². The van der Waals surface area contributed by atoms with Gasteiger partial charge in [-0.3, -0.25) is 4.90 Å². The number of aliphatic hydroxyl groups is 1. The molecule has 1 aliphatic heterocycles. The first-order valence-electron chi connectivity index (χ1n) is 11.5. The summed E-state index contributed by atoms with van der Waals surface area (Å²) in [7, 11) is 0. The van der Waals surface area contributed by atoms with Crippen molar-refractivity contribution in [2.24, 2.45) is 0 Å². The fourth-order valence-corrected chi connectivity index (χ4v) is 4.15. The maximum atomic E-state index is 9.20. The van der Waals surface area contributed by atoms with Crippen LogP contribution in [0.3, 0.4) is 0 Å². The number of nitrogens with zero attached hydrogens (tertiary/aromatic N) is 1. The van der Waals surface area contributed by atoms with Crippen LogP contribution in [0.4, 0.5) is 0 Å².